The molecule has 0 saturated heterocycles. The molecule has 2 aromatic rings. The van der Waals surface area contributed by atoms with Gasteiger partial charge in [0.1, 0.15) is 11.8 Å². The van der Waals surface area contributed by atoms with E-state index in [4.69, 9.17) is 4.74 Å². The number of carbonyl (C=O) groups excluding carboxylic acids is 2. The van der Waals surface area contributed by atoms with Crippen molar-refractivity contribution < 1.29 is 14.3 Å². The molecule has 31 heavy (non-hydrogen) atoms. The van der Waals surface area contributed by atoms with Gasteiger partial charge < -0.3 is 15.0 Å². The number of amides is 2. The Morgan fingerprint density at radius 2 is 1.68 bits per heavy atom. The zero-order chi connectivity index (χ0) is 22.8. The minimum absolute atomic E-state index is 0.0389. The average Bonchev–Trinajstić information content (AvgIpc) is 2.75. The van der Waals surface area contributed by atoms with Crippen molar-refractivity contribution in [1.82, 2.24) is 10.2 Å². The summed E-state index contributed by atoms with van der Waals surface area (Å²) in [7, 11) is 0. The number of benzene rings is 2. The van der Waals surface area contributed by atoms with E-state index in [0.29, 0.717) is 38.5 Å². The SMILES string of the molecule is Cc1ccc(OCCCC(=O)N(Cc2ccccc2C)C(C)C(=O)NCC(C)C)cc1. The number of aryl methyl sites for hydroxylation is 2. The van der Waals surface area contributed by atoms with E-state index in [9.17, 15) is 9.59 Å². The molecule has 5 heteroatoms. The highest BCUT2D eigenvalue weighted by atomic mass is 16.5. The predicted molar refractivity (Wildman–Crippen MR) is 125 cm³/mol. The highest BCUT2D eigenvalue weighted by molar-refractivity contribution is 5.87. The van der Waals surface area contributed by atoms with Gasteiger partial charge in [0.25, 0.3) is 0 Å². The molecule has 0 fully saturated rings. The van der Waals surface area contributed by atoms with Crippen molar-refractivity contribution in [3.63, 3.8) is 0 Å². The Morgan fingerprint density at radius 1 is 1.00 bits per heavy atom. The molecule has 0 radical (unpaired) electrons. The molecule has 0 aliphatic rings. The van der Waals surface area contributed by atoms with Crippen LogP contribution in [-0.4, -0.2) is 35.9 Å². The summed E-state index contributed by atoms with van der Waals surface area (Å²) in [6.45, 7) is 11.4. The Balaban J connectivity index is 2.00. The fraction of sp³-hybridized carbons (Fsp3) is 0.462. The lowest BCUT2D eigenvalue weighted by Crippen LogP contribution is -2.48. The number of ether oxygens (including phenoxy) is 1. The highest BCUT2D eigenvalue weighted by Crippen LogP contribution is 2.16. The van der Waals surface area contributed by atoms with E-state index in [1.807, 2.05) is 62.4 Å². The Morgan fingerprint density at radius 3 is 2.32 bits per heavy atom. The van der Waals surface area contributed by atoms with Gasteiger partial charge in [-0.05, 0) is 56.4 Å². The zero-order valence-electron chi connectivity index (χ0n) is 19.5. The molecule has 5 nitrogen and oxygen atoms in total. The first-order chi connectivity index (χ1) is 14.8. The maximum absolute atomic E-state index is 13.1. The van der Waals surface area contributed by atoms with Gasteiger partial charge in [0, 0.05) is 19.5 Å². The third-order valence-corrected chi connectivity index (χ3v) is 5.28. The molecule has 0 spiro atoms. The van der Waals surface area contributed by atoms with Gasteiger partial charge in [0.05, 0.1) is 6.61 Å². The van der Waals surface area contributed by atoms with Gasteiger partial charge in [-0.2, -0.15) is 0 Å². The number of hydrogen-bond acceptors (Lipinski definition) is 3. The van der Waals surface area contributed by atoms with Crippen molar-refractivity contribution in [2.45, 2.75) is 60.0 Å². The first-order valence-corrected chi connectivity index (χ1v) is 11.1. The number of nitrogens with one attached hydrogen (secondary N) is 1. The largest absolute Gasteiger partial charge is 0.494 e. The van der Waals surface area contributed by atoms with E-state index in [1.54, 1.807) is 11.8 Å². The van der Waals surface area contributed by atoms with Gasteiger partial charge in [-0.3, -0.25) is 9.59 Å². The highest BCUT2D eigenvalue weighted by Gasteiger charge is 2.26. The lowest BCUT2D eigenvalue weighted by Gasteiger charge is -2.29. The van der Waals surface area contributed by atoms with Crippen LogP contribution in [0.25, 0.3) is 0 Å². The van der Waals surface area contributed by atoms with E-state index in [0.717, 1.165) is 16.9 Å². The van der Waals surface area contributed by atoms with Gasteiger partial charge in [-0.25, -0.2) is 0 Å². The molecule has 0 saturated carbocycles. The van der Waals surface area contributed by atoms with Gasteiger partial charge in [-0.15, -0.1) is 0 Å². The third-order valence-electron chi connectivity index (χ3n) is 5.28. The van der Waals surface area contributed by atoms with Crippen LogP contribution in [0.2, 0.25) is 0 Å². The lowest BCUT2D eigenvalue weighted by molar-refractivity contribution is -0.140. The Hall–Kier alpha value is -2.82. The second-order valence-corrected chi connectivity index (χ2v) is 8.53. The minimum Gasteiger partial charge on any atom is -0.494 e. The molecule has 1 N–H and O–H groups in total. The number of carbonyl (C=O) groups is 2. The number of rotatable bonds is 11. The second kappa shape index (κ2) is 12.1. The zero-order valence-corrected chi connectivity index (χ0v) is 19.5. The quantitative estimate of drug-likeness (QED) is 0.534. The van der Waals surface area contributed by atoms with Crippen LogP contribution in [-0.2, 0) is 16.1 Å². The second-order valence-electron chi connectivity index (χ2n) is 8.53. The first-order valence-electron chi connectivity index (χ1n) is 11.1. The van der Waals surface area contributed by atoms with Gasteiger partial charge in [0.2, 0.25) is 11.8 Å². The minimum atomic E-state index is -0.538. The average molecular weight is 425 g/mol. The molecule has 0 bridgehead atoms. The van der Waals surface area contributed by atoms with Crippen LogP contribution in [0.4, 0.5) is 0 Å². The molecule has 1 atom stereocenters. The smallest absolute Gasteiger partial charge is 0.242 e. The van der Waals surface area contributed by atoms with Crippen molar-refractivity contribution >= 4 is 11.8 Å². The van der Waals surface area contributed by atoms with E-state index >= 15 is 0 Å². The van der Waals surface area contributed by atoms with Crippen molar-refractivity contribution in [2.24, 2.45) is 5.92 Å². The summed E-state index contributed by atoms with van der Waals surface area (Å²) < 4.78 is 5.75. The molecule has 0 aliphatic carbocycles. The molecule has 2 rings (SSSR count). The van der Waals surface area contributed by atoms with E-state index in [1.165, 1.54) is 5.56 Å². The summed E-state index contributed by atoms with van der Waals surface area (Å²) in [5.74, 6) is 1.00. The summed E-state index contributed by atoms with van der Waals surface area (Å²) in [4.78, 5) is 27.5. The maximum Gasteiger partial charge on any atom is 0.242 e. The molecule has 0 aliphatic heterocycles. The van der Waals surface area contributed by atoms with Crippen molar-refractivity contribution in [1.29, 1.82) is 0 Å². The molecular weight excluding hydrogens is 388 g/mol. The standard InChI is InChI=1S/C26H36N2O3/c1-19(2)17-27-26(30)22(5)28(18-23-10-7-6-9-21(23)4)25(29)11-8-16-31-24-14-12-20(3)13-15-24/h6-7,9-10,12-15,19,22H,8,11,16-18H2,1-5H3,(H,27,30). The summed E-state index contributed by atoms with van der Waals surface area (Å²) in [6, 6.07) is 15.3. The Kier molecular flexibility index (Phi) is 9.57. The maximum atomic E-state index is 13.1. The van der Waals surface area contributed by atoms with E-state index < -0.39 is 6.04 Å². The topological polar surface area (TPSA) is 58.6 Å². The molecule has 1 unspecified atom stereocenters. The monoisotopic (exact) mass is 424 g/mol. The van der Waals surface area contributed by atoms with Gasteiger partial charge in [-0.1, -0.05) is 55.8 Å². The summed E-state index contributed by atoms with van der Waals surface area (Å²) in [5.41, 5.74) is 3.34. The van der Waals surface area contributed by atoms with Crippen LogP contribution in [0.5, 0.6) is 5.75 Å². The molecule has 0 heterocycles. The van der Waals surface area contributed by atoms with Crippen molar-refractivity contribution in [2.75, 3.05) is 13.2 Å². The third kappa shape index (κ3) is 8.08. The summed E-state index contributed by atoms with van der Waals surface area (Å²) >= 11 is 0. The van der Waals surface area contributed by atoms with Crippen LogP contribution in [0, 0.1) is 19.8 Å². The molecule has 0 aromatic heterocycles. The molecular formula is C26H36N2O3. The van der Waals surface area contributed by atoms with Crippen LogP contribution in [0.1, 0.15) is 50.3 Å². The summed E-state index contributed by atoms with van der Waals surface area (Å²) in [5, 5.41) is 2.95. The summed E-state index contributed by atoms with van der Waals surface area (Å²) in [6.07, 6.45) is 0.927. The molecule has 2 amide bonds. The lowest BCUT2D eigenvalue weighted by atomic mass is 10.1. The van der Waals surface area contributed by atoms with Crippen LogP contribution < -0.4 is 10.1 Å². The van der Waals surface area contributed by atoms with Crippen LogP contribution in [0.15, 0.2) is 48.5 Å². The number of nitrogens with zero attached hydrogens (tertiary/aromatic N) is 1. The van der Waals surface area contributed by atoms with Crippen molar-refractivity contribution in [3.8, 4) is 5.75 Å². The Labute approximate surface area is 186 Å². The van der Waals surface area contributed by atoms with Crippen molar-refractivity contribution in [3.05, 3.63) is 65.2 Å². The first kappa shape index (κ1) is 24.4. The van der Waals surface area contributed by atoms with Crippen LogP contribution in [0.3, 0.4) is 0 Å². The molecule has 168 valence electrons. The fourth-order valence-corrected chi connectivity index (χ4v) is 3.20. The fourth-order valence-electron chi connectivity index (χ4n) is 3.20. The Bertz CT molecular complexity index is 846. The normalized spacial score (nSPS) is 11.8. The van der Waals surface area contributed by atoms with Gasteiger partial charge in [0.15, 0.2) is 0 Å². The van der Waals surface area contributed by atoms with Crippen LogP contribution >= 0.6 is 0 Å². The van der Waals surface area contributed by atoms with E-state index in [2.05, 4.69) is 19.2 Å². The predicted octanol–water partition coefficient (Wildman–Crippen LogP) is 4.65. The number of hydrogen-bond donors (Lipinski definition) is 1. The molecule has 2 aromatic carbocycles. The van der Waals surface area contributed by atoms with E-state index in [-0.39, 0.29) is 11.8 Å². The van der Waals surface area contributed by atoms with Gasteiger partial charge >= 0.3 is 0 Å².